The molecule has 0 saturated heterocycles. The van der Waals surface area contributed by atoms with E-state index in [4.69, 9.17) is 3.07 Å². The number of unbranched alkanes of at least 4 members (excludes halogenated alkanes) is 3. The first kappa shape index (κ1) is 27.4. The van der Waals surface area contributed by atoms with Crippen molar-refractivity contribution in [1.82, 2.24) is 4.31 Å². The fourth-order valence-electron chi connectivity index (χ4n) is 3.76. The number of carbonyl (C=O) groups excluding carboxylic acids is 1. The summed E-state index contributed by atoms with van der Waals surface area (Å²) >= 11 is -3.05. The monoisotopic (exact) mass is 547 g/mol. The average molecular weight is 546 g/mol. The van der Waals surface area contributed by atoms with E-state index in [-0.39, 0.29) is 10.9 Å². The molecule has 172 valence electrons. The summed E-state index contributed by atoms with van der Waals surface area (Å²) in [6.07, 6.45) is 6.72. The standard InChI is InChI=1S/C11H15NO4S.3C4H9.Sn/c1-3-12(4-2)17(15,16)10-7-5-9(6-8-10)11(13)14;3*1-3-4-2;/h5-8H,3-4H2,1-2H3,(H,13,14);3*1,3-4H2,2H3;/q;;;;+1/p-1. The number of sulfonamides is 1. The zero-order chi connectivity index (χ0) is 22.6. The van der Waals surface area contributed by atoms with Crippen molar-refractivity contribution in [1.29, 1.82) is 0 Å². The first-order valence-corrected chi connectivity index (χ1v) is 20.3. The van der Waals surface area contributed by atoms with Crippen LogP contribution in [0.15, 0.2) is 29.2 Å². The van der Waals surface area contributed by atoms with Crippen molar-refractivity contribution in [3.63, 3.8) is 0 Å². The van der Waals surface area contributed by atoms with Gasteiger partial charge in [-0.25, -0.2) is 0 Å². The van der Waals surface area contributed by atoms with Crippen LogP contribution < -0.4 is 0 Å². The Morgan fingerprint density at radius 3 is 1.63 bits per heavy atom. The molecule has 0 fully saturated rings. The minimum absolute atomic E-state index is 0.223. The fourth-order valence-corrected chi connectivity index (χ4v) is 18.2. The number of rotatable bonds is 15. The van der Waals surface area contributed by atoms with Gasteiger partial charge in [0.05, 0.1) is 0 Å². The van der Waals surface area contributed by atoms with Crippen LogP contribution in [0.4, 0.5) is 0 Å². The molecule has 0 unspecified atom stereocenters. The summed E-state index contributed by atoms with van der Waals surface area (Å²) < 4.78 is 36.4. The topological polar surface area (TPSA) is 63.7 Å². The van der Waals surface area contributed by atoms with Gasteiger partial charge in [-0.3, -0.25) is 0 Å². The Kier molecular flexibility index (Phi) is 12.6. The zero-order valence-corrected chi connectivity index (χ0v) is 23.2. The average Bonchev–Trinajstić information content (AvgIpc) is 2.75. The van der Waals surface area contributed by atoms with E-state index in [2.05, 4.69) is 20.8 Å². The molecule has 1 aromatic rings. The molecule has 0 saturated carbocycles. The van der Waals surface area contributed by atoms with Gasteiger partial charge >= 0.3 is 190 Å². The van der Waals surface area contributed by atoms with Crippen LogP contribution in [0.1, 0.15) is 83.5 Å². The summed E-state index contributed by atoms with van der Waals surface area (Å²) in [6.45, 7) is 11.1. The second-order valence-electron chi connectivity index (χ2n) is 8.00. The Morgan fingerprint density at radius 2 is 1.27 bits per heavy atom. The van der Waals surface area contributed by atoms with E-state index in [9.17, 15) is 13.2 Å². The molecule has 5 nitrogen and oxygen atoms in total. The molecule has 0 aliphatic carbocycles. The summed E-state index contributed by atoms with van der Waals surface area (Å²) in [5.41, 5.74) is 0.457. The van der Waals surface area contributed by atoms with Crippen molar-refractivity contribution < 1.29 is 16.3 Å². The Bertz CT molecular complexity index is 708. The number of nitrogens with zero attached hydrogens (tertiary/aromatic N) is 1. The van der Waals surface area contributed by atoms with Crippen molar-refractivity contribution in [2.75, 3.05) is 13.1 Å². The fraction of sp³-hybridized carbons (Fsp3) is 0.696. The molecule has 0 aliphatic rings. The molecule has 0 N–H and O–H groups in total. The van der Waals surface area contributed by atoms with E-state index in [0.717, 1.165) is 51.8 Å². The predicted molar refractivity (Wildman–Crippen MR) is 127 cm³/mol. The molecule has 0 aliphatic heterocycles. The van der Waals surface area contributed by atoms with Crippen LogP contribution >= 0.6 is 0 Å². The van der Waals surface area contributed by atoms with Crippen molar-refractivity contribution in [2.45, 2.75) is 91.3 Å². The number of carbonyl (C=O) groups is 1. The van der Waals surface area contributed by atoms with E-state index in [1.165, 1.54) is 16.4 Å². The molecule has 0 spiro atoms. The number of hydrogen-bond donors (Lipinski definition) is 0. The molecule has 1 aromatic carbocycles. The second-order valence-corrected chi connectivity index (χ2v) is 21.6. The number of hydrogen-bond acceptors (Lipinski definition) is 4. The molecular weight excluding hydrogens is 505 g/mol. The zero-order valence-electron chi connectivity index (χ0n) is 19.6. The molecule has 0 radical (unpaired) electrons. The van der Waals surface area contributed by atoms with E-state index >= 15 is 0 Å². The van der Waals surface area contributed by atoms with Crippen LogP contribution in [0, 0.1) is 0 Å². The summed E-state index contributed by atoms with van der Waals surface area (Å²) in [4.78, 5) is 13.3. The van der Waals surface area contributed by atoms with Gasteiger partial charge in [-0.1, -0.05) is 0 Å². The van der Waals surface area contributed by atoms with E-state index < -0.39 is 28.8 Å². The van der Waals surface area contributed by atoms with Crippen LogP contribution in [0.3, 0.4) is 0 Å². The summed E-state index contributed by atoms with van der Waals surface area (Å²) in [6, 6.07) is 6.28. The maximum absolute atomic E-state index is 13.0. The van der Waals surface area contributed by atoms with Crippen LogP contribution in [0.5, 0.6) is 0 Å². The van der Waals surface area contributed by atoms with Crippen LogP contribution in [0.2, 0.25) is 13.3 Å². The molecule has 0 bridgehead atoms. The Hall–Kier alpha value is -0.601. The quantitative estimate of drug-likeness (QED) is 0.245. The Morgan fingerprint density at radius 1 is 0.833 bits per heavy atom. The van der Waals surface area contributed by atoms with Crippen molar-refractivity contribution in [2.24, 2.45) is 0 Å². The van der Waals surface area contributed by atoms with Gasteiger partial charge in [-0.05, 0) is 0 Å². The molecule has 30 heavy (non-hydrogen) atoms. The van der Waals surface area contributed by atoms with E-state index in [1.807, 2.05) is 13.8 Å². The molecule has 0 amide bonds. The molecule has 7 heteroatoms. The van der Waals surface area contributed by atoms with Crippen LogP contribution in [-0.4, -0.2) is 50.6 Å². The third kappa shape index (κ3) is 7.82. The van der Waals surface area contributed by atoms with Gasteiger partial charge < -0.3 is 0 Å². The maximum atomic E-state index is 13.0. The molecular formula is C23H41NO4SSn. The van der Waals surface area contributed by atoms with Gasteiger partial charge in [0.15, 0.2) is 0 Å². The third-order valence-electron chi connectivity index (χ3n) is 5.70. The molecule has 0 heterocycles. The number of benzene rings is 1. The minimum atomic E-state index is -3.52. The van der Waals surface area contributed by atoms with Gasteiger partial charge in [-0.2, -0.15) is 0 Å². The van der Waals surface area contributed by atoms with Gasteiger partial charge in [0.1, 0.15) is 0 Å². The van der Waals surface area contributed by atoms with Gasteiger partial charge in [0.2, 0.25) is 0 Å². The first-order valence-electron chi connectivity index (χ1n) is 11.6. The molecule has 0 aromatic heterocycles. The second kappa shape index (κ2) is 13.7. The summed E-state index contributed by atoms with van der Waals surface area (Å²) in [5, 5.41) is 0. The summed E-state index contributed by atoms with van der Waals surface area (Å²) in [7, 11) is -3.52. The van der Waals surface area contributed by atoms with Crippen molar-refractivity contribution >= 4 is 34.8 Å². The first-order chi connectivity index (χ1) is 14.3. The van der Waals surface area contributed by atoms with Crippen molar-refractivity contribution in [3.8, 4) is 0 Å². The Labute approximate surface area is 189 Å². The third-order valence-corrected chi connectivity index (χ3v) is 20.4. The van der Waals surface area contributed by atoms with E-state index in [1.54, 1.807) is 12.1 Å². The van der Waals surface area contributed by atoms with Gasteiger partial charge in [0.25, 0.3) is 0 Å². The van der Waals surface area contributed by atoms with Gasteiger partial charge in [-0.15, -0.1) is 0 Å². The summed E-state index contributed by atoms with van der Waals surface area (Å²) in [5.74, 6) is -0.263. The van der Waals surface area contributed by atoms with Crippen LogP contribution in [0.25, 0.3) is 0 Å². The SMILES string of the molecule is CCC[CH2][Sn]([CH2]CCC)([CH2]CCC)[O]C(=O)c1ccc(S(=O)(=O)N(CC)CC)cc1. The van der Waals surface area contributed by atoms with Gasteiger partial charge in [0, 0.05) is 0 Å². The molecule has 1 rings (SSSR count). The molecule has 0 atom stereocenters. The van der Waals surface area contributed by atoms with E-state index in [0.29, 0.717) is 18.7 Å². The Balaban J connectivity index is 3.07. The van der Waals surface area contributed by atoms with Crippen LogP contribution in [-0.2, 0) is 13.1 Å². The normalized spacial score (nSPS) is 12.3. The van der Waals surface area contributed by atoms with Crippen molar-refractivity contribution in [3.05, 3.63) is 29.8 Å². The predicted octanol–water partition coefficient (Wildman–Crippen LogP) is 6.22.